The van der Waals surface area contributed by atoms with Crippen molar-refractivity contribution in [2.75, 3.05) is 6.54 Å². The second kappa shape index (κ2) is 6.63. The number of thiazole rings is 1. The summed E-state index contributed by atoms with van der Waals surface area (Å²) in [5.74, 6) is 0.0451. The van der Waals surface area contributed by atoms with E-state index < -0.39 is 0 Å². The molecule has 1 amide bonds. The first-order chi connectivity index (χ1) is 13.6. The molecule has 0 bridgehead atoms. The fourth-order valence-electron chi connectivity index (χ4n) is 3.83. The van der Waals surface area contributed by atoms with E-state index in [-0.39, 0.29) is 11.9 Å². The molecule has 0 saturated carbocycles. The number of likely N-dealkylation sites (tertiary alicyclic amines) is 1. The van der Waals surface area contributed by atoms with Gasteiger partial charge < -0.3 is 4.90 Å². The lowest BCUT2D eigenvalue weighted by Crippen LogP contribution is -2.30. The molecule has 6 heteroatoms. The van der Waals surface area contributed by atoms with Crippen LogP contribution < -0.4 is 0 Å². The smallest absolute Gasteiger partial charge is 0.254 e. The fraction of sp³-hybridized carbons (Fsp3) is 0.273. The van der Waals surface area contributed by atoms with Crippen molar-refractivity contribution < 1.29 is 4.79 Å². The molecule has 1 atom stereocenters. The zero-order valence-electron chi connectivity index (χ0n) is 15.8. The van der Waals surface area contributed by atoms with Gasteiger partial charge in [-0.2, -0.15) is 0 Å². The zero-order valence-corrected chi connectivity index (χ0v) is 16.7. The normalized spacial score (nSPS) is 16.9. The summed E-state index contributed by atoms with van der Waals surface area (Å²) in [7, 11) is 0. The van der Waals surface area contributed by atoms with Crippen LogP contribution in [0, 0.1) is 13.8 Å². The molecule has 2 aromatic heterocycles. The molecule has 0 radical (unpaired) electrons. The van der Waals surface area contributed by atoms with Gasteiger partial charge in [0.25, 0.3) is 5.91 Å². The number of aryl methyl sites for hydroxylation is 2. The SMILES string of the molecule is Cc1nc2ccc(C(=O)N3CCC[C@H]3c3nc4ccccc4s3)cc2nc1C. The molecule has 0 aliphatic carbocycles. The van der Waals surface area contributed by atoms with E-state index >= 15 is 0 Å². The van der Waals surface area contributed by atoms with Crippen molar-refractivity contribution in [3.63, 3.8) is 0 Å². The van der Waals surface area contributed by atoms with Gasteiger partial charge in [0.1, 0.15) is 5.01 Å². The number of benzene rings is 2. The Labute approximate surface area is 167 Å². The Balaban J connectivity index is 1.49. The minimum Gasteiger partial charge on any atom is -0.329 e. The zero-order chi connectivity index (χ0) is 19.3. The molecule has 0 N–H and O–H groups in total. The number of rotatable bonds is 2. The molecule has 140 valence electrons. The average molecular weight is 388 g/mol. The summed E-state index contributed by atoms with van der Waals surface area (Å²) in [5, 5.41) is 1.03. The van der Waals surface area contributed by atoms with Crippen molar-refractivity contribution in [2.45, 2.75) is 32.7 Å². The van der Waals surface area contributed by atoms with Crippen LogP contribution in [0.25, 0.3) is 21.3 Å². The molecule has 1 fully saturated rings. The van der Waals surface area contributed by atoms with Gasteiger partial charge in [0.2, 0.25) is 0 Å². The summed E-state index contributed by atoms with van der Waals surface area (Å²) in [6, 6.07) is 13.8. The highest BCUT2D eigenvalue weighted by Crippen LogP contribution is 2.37. The van der Waals surface area contributed by atoms with Crippen molar-refractivity contribution >= 4 is 38.5 Å². The van der Waals surface area contributed by atoms with Gasteiger partial charge in [0.15, 0.2) is 0 Å². The third-order valence-corrected chi connectivity index (χ3v) is 6.57. The lowest BCUT2D eigenvalue weighted by Gasteiger charge is -2.23. The van der Waals surface area contributed by atoms with Crippen LogP contribution in [0.1, 0.15) is 45.6 Å². The molecule has 4 aromatic rings. The maximum absolute atomic E-state index is 13.3. The average Bonchev–Trinajstić information content (AvgIpc) is 3.34. The topological polar surface area (TPSA) is 59.0 Å². The van der Waals surface area contributed by atoms with Gasteiger partial charge >= 0.3 is 0 Å². The Bertz CT molecular complexity index is 1180. The quantitative estimate of drug-likeness (QED) is 0.493. The van der Waals surface area contributed by atoms with Gasteiger partial charge in [0.05, 0.1) is 38.7 Å². The van der Waals surface area contributed by atoms with Crippen LogP contribution in [0.4, 0.5) is 0 Å². The minimum absolute atomic E-state index is 0.0451. The molecule has 2 aromatic carbocycles. The molecule has 28 heavy (non-hydrogen) atoms. The van der Waals surface area contributed by atoms with Crippen LogP contribution >= 0.6 is 11.3 Å². The van der Waals surface area contributed by atoms with E-state index in [4.69, 9.17) is 4.98 Å². The van der Waals surface area contributed by atoms with Gasteiger partial charge in [-0.3, -0.25) is 4.79 Å². The van der Waals surface area contributed by atoms with Gasteiger partial charge in [-0.05, 0) is 57.0 Å². The van der Waals surface area contributed by atoms with Crippen LogP contribution in [0.2, 0.25) is 0 Å². The van der Waals surface area contributed by atoms with Crippen molar-refractivity contribution in [2.24, 2.45) is 0 Å². The highest BCUT2D eigenvalue weighted by molar-refractivity contribution is 7.18. The van der Waals surface area contributed by atoms with E-state index in [9.17, 15) is 4.79 Å². The Hall–Kier alpha value is -2.86. The highest BCUT2D eigenvalue weighted by Gasteiger charge is 2.33. The van der Waals surface area contributed by atoms with Crippen LogP contribution in [0.3, 0.4) is 0 Å². The van der Waals surface area contributed by atoms with Crippen LogP contribution in [-0.4, -0.2) is 32.3 Å². The third kappa shape index (κ3) is 2.85. The minimum atomic E-state index is 0.0451. The van der Waals surface area contributed by atoms with Crippen LogP contribution in [0.15, 0.2) is 42.5 Å². The number of hydrogen-bond donors (Lipinski definition) is 0. The Morgan fingerprint density at radius 2 is 1.79 bits per heavy atom. The predicted molar refractivity (Wildman–Crippen MR) is 112 cm³/mol. The van der Waals surface area contributed by atoms with Crippen LogP contribution in [-0.2, 0) is 0 Å². The molecule has 0 unspecified atom stereocenters. The molecular formula is C22H20N4OS. The van der Waals surface area contributed by atoms with E-state index in [0.29, 0.717) is 5.56 Å². The molecular weight excluding hydrogens is 368 g/mol. The van der Waals surface area contributed by atoms with Crippen molar-refractivity contribution in [3.05, 3.63) is 64.4 Å². The molecule has 5 rings (SSSR count). The third-order valence-electron chi connectivity index (χ3n) is 5.43. The number of hydrogen-bond acceptors (Lipinski definition) is 5. The predicted octanol–water partition coefficient (Wildman–Crippen LogP) is 4.83. The first-order valence-electron chi connectivity index (χ1n) is 9.51. The standard InChI is InChI=1S/C22H20N4OS/c1-13-14(2)24-18-12-15(9-10-16(18)23-13)22(27)26-11-5-7-19(26)21-25-17-6-3-4-8-20(17)28-21/h3-4,6,8-10,12,19H,5,7,11H2,1-2H3/t19-/m0/s1. The van der Waals surface area contributed by atoms with Crippen molar-refractivity contribution in [1.29, 1.82) is 0 Å². The second-order valence-electron chi connectivity index (χ2n) is 7.27. The first kappa shape index (κ1) is 17.3. The number of nitrogens with zero attached hydrogens (tertiary/aromatic N) is 4. The molecule has 0 spiro atoms. The van der Waals surface area contributed by atoms with Gasteiger partial charge in [-0.1, -0.05) is 12.1 Å². The summed E-state index contributed by atoms with van der Waals surface area (Å²) in [6.45, 7) is 4.66. The van der Waals surface area contributed by atoms with E-state index in [1.54, 1.807) is 11.3 Å². The van der Waals surface area contributed by atoms with Gasteiger partial charge in [-0.25, -0.2) is 15.0 Å². The number of fused-ring (bicyclic) bond motifs is 2. The molecule has 1 aliphatic rings. The van der Waals surface area contributed by atoms with Gasteiger partial charge in [-0.15, -0.1) is 11.3 Å². The van der Waals surface area contributed by atoms with E-state index in [2.05, 4.69) is 16.0 Å². The first-order valence-corrected chi connectivity index (χ1v) is 10.3. The summed E-state index contributed by atoms with van der Waals surface area (Å²) < 4.78 is 1.17. The van der Waals surface area contributed by atoms with E-state index in [1.165, 1.54) is 4.70 Å². The summed E-state index contributed by atoms with van der Waals surface area (Å²) >= 11 is 1.69. The van der Waals surface area contributed by atoms with E-state index in [1.807, 2.05) is 55.1 Å². The largest absolute Gasteiger partial charge is 0.329 e. The highest BCUT2D eigenvalue weighted by atomic mass is 32.1. The van der Waals surface area contributed by atoms with Crippen LogP contribution in [0.5, 0.6) is 0 Å². The number of carbonyl (C=O) groups is 1. The molecule has 3 heterocycles. The lowest BCUT2D eigenvalue weighted by molar-refractivity contribution is 0.0735. The van der Waals surface area contributed by atoms with E-state index in [0.717, 1.165) is 52.3 Å². The number of aromatic nitrogens is 3. The number of carbonyl (C=O) groups excluding carboxylic acids is 1. The summed E-state index contributed by atoms with van der Waals surface area (Å²) in [4.78, 5) is 29.2. The Morgan fingerprint density at radius 3 is 2.61 bits per heavy atom. The summed E-state index contributed by atoms with van der Waals surface area (Å²) in [6.07, 6.45) is 1.95. The number of amides is 1. The maximum Gasteiger partial charge on any atom is 0.254 e. The Morgan fingerprint density at radius 1 is 1.00 bits per heavy atom. The molecule has 5 nitrogen and oxygen atoms in total. The summed E-state index contributed by atoms with van der Waals surface area (Å²) in [5.41, 5.74) is 5.08. The fourth-order valence-corrected chi connectivity index (χ4v) is 4.94. The Kier molecular flexibility index (Phi) is 4.09. The van der Waals surface area contributed by atoms with Crippen molar-refractivity contribution in [1.82, 2.24) is 19.9 Å². The van der Waals surface area contributed by atoms with Crippen molar-refractivity contribution in [3.8, 4) is 0 Å². The maximum atomic E-state index is 13.3. The monoisotopic (exact) mass is 388 g/mol. The molecule has 1 aliphatic heterocycles. The lowest BCUT2D eigenvalue weighted by atomic mass is 10.1. The van der Waals surface area contributed by atoms with Gasteiger partial charge in [0, 0.05) is 12.1 Å². The second-order valence-corrected chi connectivity index (χ2v) is 8.34. The number of para-hydroxylation sites is 1. The molecule has 1 saturated heterocycles.